The fourth-order valence-corrected chi connectivity index (χ4v) is 3.96. The number of ether oxygens (including phenoxy) is 1. The zero-order chi connectivity index (χ0) is 17.0. The van der Waals surface area contributed by atoms with E-state index in [0.717, 1.165) is 44.5 Å². The summed E-state index contributed by atoms with van der Waals surface area (Å²) >= 11 is 0. The Morgan fingerprint density at radius 2 is 1.88 bits per heavy atom. The summed E-state index contributed by atoms with van der Waals surface area (Å²) in [6, 6.07) is 8.34. The third kappa shape index (κ3) is 5.26. The van der Waals surface area contributed by atoms with Gasteiger partial charge in [0.1, 0.15) is 5.75 Å². The quantitative estimate of drug-likeness (QED) is 0.765. The fraction of sp³-hybridized carbons (Fsp3) is 0.632. The summed E-state index contributed by atoms with van der Waals surface area (Å²) in [5, 5.41) is 3.13. The number of nitrogens with zero attached hydrogens (tertiary/aromatic N) is 1. The van der Waals surface area contributed by atoms with Crippen molar-refractivity contribution in [3.63, 3.8) is 0 Å². The summed E-state index contributed by atoms with van der Waals surface area (Å²) < 4.78 is 5.36. The monoisotopic (exact) mass is 403 g/mol. The molecule has 1 unspecified atom stereocenters. The summed E-state index contributed by atoms with van der Waals surface area (Å²) in [5.74, 6) is 0.862. The van der Waals surface area contributed by atoms with Crippen LogP contribution in [-0.2, 0) is 4.79 Å². The van der Waals surface area contributed by atoms with Gasteiger partial charge in [-0.15, -0.1) is 24.8 Å². The van der Waals surface area contributed by atoms with Gasteiger partial charge in [-0.3, -0.25) is 9.69 Å². The Kier molecular flexibility index (Phi) is 9.17. The first-order valence-corrected chi connectivity index (χ1v) is 9.07. The zero-order valence-electron chi connectivity index (χ0n) is 15.4. The molecule has 1 atom stereocenters. The van der Waals surface area contributed by atoms with Gasteiger partial charge < -0.3 is 15.8 Å². The van der Waals surface area contributed by atoms with Crippen LogP contribution in [0.15, 0.2) is 24.3 Å². The Bertz CT molecular complexity index is 574. The minimum Gasteiger partial charge on any atom is -0.497 e. The van der Waals surface area contributed by atoms with E-state index >= 15 is 0 Å². The molecular weight excluding hydrogens is 373 g/mol. The molecule has 7 heteroatoms. The summed E-state index contributed by atoms with van der Waals surface area (Å²) in [5.41, 5.74) is 6.81. The molecular formula is C19H31Cl2N3O2. The highest BCUT2D eigenvalue weighted by Gasteiger charge is 2.37. The first-order valence-electron chi connectivity index (χ1n) is 9.07. The van der Waals surface area contributed by atoms with Crippen molar-refractivity contribution in [3.05, 3.63) is 29.8 Å². The minimum atomic E-state index is -0.663. The zero-order valence-corrected chi connectivity index (χ0v) is 17.0. The lowest BCUT2D eigenvalue weighted by atomic mass is 9.97. The molecule has 0 aromatic heterocycles. The van der Waals surface area contributed by atoms with Gasteiger partial charge in [0.05, 0.1) is 18.7 Å². The van der Waals surface area contributed by atoms with Crippen molar-refractivity contribution in [2.45, 2.75) is 50.1 Å². The van der Waals surface area contributed by atoms with Gasteiger partial charge in [-0.1, -0.05) is 25.0 Å². The van der Waals surface area contributed by atoms with Crippen LogP contribution in [-0.4, -0.2) is 43.1 Å². The molecule has 0 radical (unpaired) electrons. The number of benzene rings is 1. The van der Waals surface area contributed by atoms with Gasteiger partial charge in [0.25, 0.3) is 0 Å². The SMILES string of the molecule is COc1cccc(C(CNC(=O)C2(N)CCCC2)N2CCCC2)c1.Cl.Cl. The second-order valence-electron chi connectivity index (χ2n) is 7.11. The number of rotatable bonds is 6. The van der Waals surface area contributed by atoms with E-state index in [-0.39, 0.29) is 36.8 Å². The van der Waals surface area contributed by atoms with Crippen LogP contribution in [0.5, 0.6) is 5.75 Å². The van der Waals surface area contributed by atoms with E-state index in [0.29, 0.717) is 6.54 Å². The number of methoxy groups -OCH3 is 1. The van der Waals surface area contributed by atoms with E-state index in [2.05, 4.69) is 22.3 Å². The van der Waals surface area contributed by atoms with E-state index in [1.165, 1.54) is 18.4 Å². The van der Waals surface area contributed by atoms with Crippen molar-refractivity contribution in [2.24, 2.45) is 5.73 Å². The molecule has 1 amide bonds. The number of nitrogens with two attached hydrogens (primary N) is 1. The maximum absolute atomic E-state index is 12.6. The van der Waals surface area contributed by atoms with Crippen LogP contribution in [0, 0.1) is 0 Å². The second kappa shape index (κ2) is 10.4. The molecule has 1 saturated carbocycles. The predicted octanol–water partition coefficient (Wildman–Crippen LogP) is 3.06. The highest BCUT2D eigenvalue weighted by Crippen LogP contribution is 2.29. The highest BCUT2D eigenvalue weighted by molar-refractivity contribution is 5.86. The summed E-state index contributed by atoms with van der Waals surface area (Å²) in [6.45, 7) is 2.75. The number of likely N-dealkylation sites (tertiary alicyclic amines) is 1. The lowest BCUT2D eigenvalue weighted by Gasteiger charge is -2.30. The van der Waals surface area contributed by atoms with E-state index in [9.17, 15) is 4.79 Å². The van der Waals surface area contributed by atoms with E-state index in [4.69, 9.17) is 10.5 Å². The molecule has 1 aromatic rings. The van der Waals surface area contributed by atoms with Gasteiger partial charge in [0.2, 0.25) is 5.91 Å². The second-order valence-corrected chi connectivity index (χ2v) is 7.11. The molecule has 1 saturated heterocycles. The summed E-state index contributed by atoms with van der Waals surface area (Å²) in [4.78, 5) is 15.0. The largest absolute Gasteiger partial charge is 0.497 e. The number of hydrogen-bond acceptors (Lipinski definition) is 4. The Morgan fingerprint density at radius 1 is 1.23 bits per heavy atom. The first-order chi connectivity index (χ1) is 11.6. The average Bonchev–Trinajstić information content (AvgIpc) is 3.28. The van der Waals surface area contributed by atoms with Crippen LogP contribution in [0.2, 0.25) is 0 Å². The number of carbonyl (C=O) groups excluding carboxylic acids is 1. The molecule has 148 valence electrons. The van der Waals surface area contributed by atoms with Gasteiger partial charge in [-0.2, -0.15) is 0 Å². The van der Waals surface area contributed by atoms with Crippen LogP contribution in [0.1, 0.15) is 50.1 Å². The molecule has 0 spiro atoms. The van der Waals surface area contributed by atoms with Crippen molar-refractivity contribution in [1.82, 2.24) is 10.2 Å². The fourth-order valence-electron chi connectivity index (χ4n) is 3.96. The minimum absolute atomic E-state index is 0. The van der Waals surface area contributed by atoms with Gasteiger partial charge >= 0.3 is 0 Å². The van der Waals surface area contributed by atoms with Gasteiger partial charge in [0.15, 0.2) is 0 Å². The molecule has 1 aromatic carbocycles. The van der Waals surface area contributed by atoms with Gasteiger partial charge in [-0.05, 0) is 56.5 Å². The standard InChI is InChI=1S/C19H29N3O2.2ClH/c1-24-16-8-6-7-15(13-16)17(22-11-4-5-12-22)14-21-18(23)19(20)9-2-3-10-19;;/h6-8,13,17H,2-5,9-12,14,20H2,1H3,(H,21,23);2*1H. The van der Waals surface area contributed by atoms with Crippen LogP contribution >= 0.6 is 24.8 Å². The molecule has 1 heterocycles. The molecule has 3 rings (SSSR count). The number of amides is 1. The van der Waals surface area contributed by atoms with Crippen LogP contribution < -0.4 is 15.8 Å². The first kappa shape index (κ1) is 23.0. The Morgan fingerprint density at radius 3 is 2.50 bits per heavy atom. The van der Waals surface area contributed by atoms with Gasteiger partial charge in [0, 0.05) is 6.54 Å². The molecule has 2 fully saturated rings. The van der Waals surface area contributed by atoms with Gasteiger partial charge in [-0.25, -0.2) is 0 Å². The number of halogens is 2. The molecule has 3 N–H and O–H groups in total. The average molecular weight is 404 g/mol. The lowest BCUT2D eigenvalue weighted by molar-refractivity contribution is -0.126. The van der Waals surface area contributed by atoms with Crippen molar-refractivity contribution >= 4 is 30.7 Å². The summed E-state index contributed by atoms with van der Waals surface area (Å²) in [6.07, 6.45) is 6.13. The molecule has 0 bridgehead atoms. The third-order valence-electron chi connectivity index (χ3n) is 5.46. The van der Waals surface area contributed by atoms with E-state index in [1.54, 1.807) is 7.11 Å². The maximum atomic E-state index is 12.6. The van der Waals surface area contributed by atoms with Crippen LogP contribution in [0.25, 0.3) is 0 Å². The van der Waals surface area contributed by atoms with E-state index in [1.807, 2.05) is 12.1 Å². The van der Waals surface area contributed by atoms with Crippen LogP contribution in [0.4, 0.5) is 0 Å². The van der Waals surface area contributed by atoms with E-state index < -0.39 is 5.54 Å². The lowest BCUT2D eigenvalue weighted by Crippen LogP contribution is -2.53. The van der Waals surface area contributed by atoms with Crippen molar-refractivity contribution in [3.8, 4) is 5.75 Å². The van der Waals surface area contributed by atoms with Crippen molar-refractivity contribution in [2.75, 3.05) is 26.7 Å². The van der Waals surface area contributed by atoms with Crippen molar-refractivity contribution in [1.29, 1.82) is 0 Å². The number of nitrogens with one attached hydrogen (secondary N) is 1. The third-order valence-corrected chi connectivity index (χ3v) is 5.46. The molecule has 1 aliphatic heterocycles. The molecule has 26 heavy (non-hydrogen) atoms. The van der Waals surface area contributed by atoms with Crippen LogP contribution in [0.3, 0.4) is 0 Å². The number of carbonyl (C=O) groups is 1. The predicted molar refractivity (Wildman–Crippen MR) is 109 cm³/mol. The molecule has 2 aliphatic rings. The van der Waals surface area contributed by atoms with Crippen molar-refractivity contribution < 1.29 is 9.53 Å². The number of hydrogen-bond donors (Lipinski definition) is 2. The highest BCUT2D eigenvalue weighted by atomic mass is 35.5. The summed E-state index contributed by atoms with van der Waals surface area (Å²) in [7, 11) is 1.68. The topological polar surface area (TPSA) is 67.6 Å². The normalized spacial score (nSPS) is 19.9. The Hall–Kier alpha value is -1.01. The Balaban J connectivity index is 0.00000169. The maximum Gasteiger partial charge on any atom is 0.240 e. The molecule has 1 aliphatic carbocycles. The Labute approximate surface area is 168 Å². The molecule has 5 nitrogen and oxygen atoms in total. The smallest absolute Gasteiger partial charge is 0.240 e.